The highest BCUT2D eigenvalue weighted by Crippen LogP contribution is 1.91. The fraction of sp³-hybridized carbons (Fsp3) is 0.750. The van der Waals surface area contributed by atoms with Gasteiger partial charge in [0.05, 0.1) is 0 Å². The largest absolute Gasteiger partial charge is 0.299 e. The number of ketones is 1. The summed E-state index contributed by atoms with van der Waals surface area (Å²) >= 11 is 1.39. The van der Waals surface area contributed by atoms with Crippen molar-refractivity contribution in [3.63, 3.8) is 0 Å². The number of carbonyl (C=O) groups is 1. The third-order valence-corrected chi connectivity index (χ3v) is 1.53. The normalized spacial score (nSPS) is 8.86. The number of hydrogen-bond donors (Lipinski definition) is 0. The number of rotatable bonds is 3. The highest BCUT2D eigenvalue weighted by Gasteiger charge is 1.91. The molecule has 3 heteroatoms. The Morgan fingerprint density at radius 3 is 2.57 bits per heavy atom. The maximum Gasteiger partial charge on any atom is 0.141 e. The summed E-state index contributed by atoms with van der Waals surface area (Å²) < 4.78 is 0. The van der Waals surface area contributed by atoms with E-state index in [0.29, 0.717) is 18.0 Å². The van der Waals surface area contributed by atoms with Crippen LogP contribution in [-0.2, 0) is 4.79 Å². The monoisotopic (exact) mass is 131 g/mol. The summed E-state index contributed by atoms with van der Waals surface area (Å²) in [6.07, 6.45) is 0.650. The van der Waals surface area contributed by atoms with Crippen molar-refractivity contribution in [1.82, 2.24) is 0 Å². The van der Waals surface area contributed by atoms with Gasteiger partial charge in [0.1, 0.15) is 15.2 Å². The topological polar surface area (TPSA) is 17.1 Å². The number of carbonyl (C=O) groups excluding carboxylic acids is 1. The van der Waals surface area contributed by atoms with Gasteiger partial charge in [0.2, 0.25) is 0 Å². The van der Waals surface area contributed by atoms with Crippen LogP contribution in [0.1, 0.15) is 13.3 Å². The van der Waals surface area contributed by atoms with Crippen LogP contribution in [-0.4, -0.2) is 20.9 Å². The second-order valence-corrected chi connectivity index (χ2v) is 2.62. The Balaban J connectivity index is 3.00. The maximum atomic E-state index is 10.4. The third-order valence-electron chi connectivity index (χ3n) is 0.627. The van der Waals surface area contributed by atoms with Gasteiger partial charge in [0, 0.05) is 12.2 Å². The fourth-order valence-electron chi connectivity index (χ4n) is 0.183. The lowest BCUT2D eigenvalue weighted by Gasteiger charge is -1.87. The molecule has 0 aromatic heterocycles. The second-order valence-electron chi connectivity index (χ2n) is 1.18. The molecule has 0 rings (SSSR count). The Labute approximate surface area is 50.9 Å². The molecule has 0 aliphatic heterocycles. The molecule has 39 valence electrons. The Hall–Kier alpha value is 0.237. The zero-order chi connectivity index (χ0) is 5.70. The molecule has 0 aliphatic rings. The van der Waals surface area contributed by atoms with E-state index >= 15 is 0 Å². The van der Waals surface area contributed by atoms with Gasteiger partial charge in [0.15, 0.2) is 0 Å². The van der Waals surface area contributed by atoms with E-state index in [0.717, 1.165) is 0 Å². The number of Topliss-reactive ketones (excluding diaryl/α,β-unsaturated/α-hetero) is 1. The number of hydrogen-bond acceptors (Lipinski definition) is 2. The highest BCUT2D eigenvalue weighted by atomic mass is 32.4. The molecule has 7 heavy (non-hydrogen) atoms. The predicted octanol–water partition coefficient (Wildman–Crippen LogP) is 0.782. The third kappa shape index (κ3) is 4.08. The molecule has 0 aliphatic carbocycles. The van der Waals surface area contributed by atoms with Gasteiger partial charge in [-0.2, -0.15) is 11.2 Å². The van der Waals surface area contributed by atoms with Gasteiger partial charge in [-0.25, -0.2) is 0 Å². The quantitative estimate of drug-likeness (QED) is 0.527. The van der Waals surface area contributed by atoms with Crippen LogP contribution >= 0.6 is 11.2 Å². The molecule has 0 bridgehead atoms. The molecule has 0 fully saturated rings. The minimum atomic E-state index is 0.292. The van der Waals surface area contributed by atoms with Crippen molar-refractivity contribution in [2.24, 2.45) is 0 Å². The molecule has 0 heterocycles. The standard InChI is InChI=1S/C4H7OSSi/c1-2-4(5)3-6-7/h2-3H2,1H3. The molecule has 0 aromatic rings. The van der Waals surface area contributed by atoms with E-state index in [1.165, 1.54) is 11.2 Å². The molecule has 0 saturated heterocycles. The van der Waals surface area contributed by atoms with Crippen LogP contribution < -0.4 is 0 Å². The van der Waals surface area contributed by atoms with E-state index in [9.17, 15) is 4.79 Å². The highest BCUT2D eigenvalue weighted by molar-refractivity contribution is 8.20. The predicted molar refractivity (Wildman–Crippen MR) is 33.5 cm³/mol. The molecule has 0 spiro atoms. The van der Waals surface area contributed by atoms with Crippen molar-refractivity contribution in [2.75, 3.05) is 5.75 Å². The second kappa shape index (κ2) is 4.40. The lowest BCUT2D eigenvalue weighted by molar-refractivity contribution is -0.116. The van der Waals surface area contributed by atoms with Gasteiger partial charge in [-0.15, -0.1) is 0 Å². The molecule has 0 amide bonds. The zero-order valence-corrected chi connectivity index (χ0v) is 6.05. The van der Waals surface area contributed by atoms with Crippen molar-refractivity contribution >= 4 is 26.4 Å². The van der Waals surface area contributed by atoms with E-state index in [-0.39, 0.29) is 0 Å². The molecule has 0 N–H and O–H groups in total. The SMILES string of the molecule is CCC(=O)CS[Si]. The van der Waals surface area contributed by atoms with Crippen LogP contribution in [0.25, 0.3) is 0 Å². The Kier molecular flexibility index (Phi) is 4.55. The summed E-state index contributed by atoms with van der Waals surface area (Å²) in [6.45, 7) is 1.87. The van der Waals surface area contributed by atoms with Crippen LogP contribution in [0.3, 0.4) is 0 Å². The van der Waals surface area contributed by atoms with Crippen molar-refractivity contribution in [2.45, 2.75) is 13.3 Å². The summed E-state index contributed by atoms with van der Waals surface area (Å²) in [5, 5.41) is 0. The van der Waals surface area contributed by atoms with Crippen LogP contribution in [0.4, 0.5) is 0 Å². The summed E-state index contributed by atoms with van der Waals surface area (Å²) in [5.41, 5.74) is 0. The van der Waals surface area contributed by atoms with E-state index < -0.39 is 0 Å². The molecular formula is C4H7OSSi. The minimum Gasteiger partial charge on any atom is -0.299 e. The van der Waals surface area contributed by atoms with Gasteiger partial charge >= 0.3 is 0 Å². The first-order valence-corrected chi connectivity index (χ1v) is 4.32. The fourth-order valence-corrected chi connectivity index (χ4v) is 1.03. The molecule has 3 radical (unpaired) electrons. The molecule has 0 unspecified atom stereocenters. The average Bonchev–Trinajstić information content (AvgIpc) is 1.68. The van der Waals surface area contributed by atoms with Crippen LogP contribution in [0, 0.1) is 0 Å². The summed E-state index contributed by atoms with van der Waals surface area (Å²) in [6, 6.07) is 0. The van der Waals surface area contributed by atoms with Crippen molar-refractivity contribution in [3.05, 3.63) is 0 Å². The average molecular weight is 131 g/mol. The van der Waals surface area contributed by atoms with Crippen molar-refractivity contribution in [3.8, 4) is 0 Å². The van der Waals surface area contributed by atoms with Gasteiger partial charge < -0.3 is 0 Å². The summed E-state index contributed by atoms with van der Waals surface area (Å²) in [4.78, 5) is 10.4. The van der Waals surface area contributed by atoms with Gasteiger partial charge in [-0.1, -0.05) is 6.92 Å². The summed E-state index contributed by atoms with van der Waals surface area (Å²) in [7, 11) is 3.13. The molecular weight excluding hydrogens is 124 g/mol. The molecule has 1 nitrogen and oxygen atoms in total. The Morgan fingerprint density at radius 1 is 1.86 bits per heavy atom. The van der Waals surface area contributed by atoms with E-state index in [1.54, 1.807) is 0 Å². The van der Waals surface area contributed by atoms with Crippen molar-refractivity contribution in [1.29, 1.82) is 0 Å². The smallest absolute Gasteiger partial charge is 0.141 e. The minimum absolute atomic E-state index is 0.292. The first-order chi connectivity index (χ1) is 3.31. The van der Waals surface area contributed by atoms with Crippen LogP contribution in [0.5, 0.6) is 0 Å². The molecule has 0 aromatic carbocycles. The molecule has 0 atom stereocenters. The van der Waals surface area contributed by atoms with E-state index in [1.807, 2.05) is 6.92 Å². The lowest BCUT2D eigenvalue weighted by Crippen LogP contribution is -1.96. The van der Waals surface area contributed by atoms with Gasteiger partial charge in [0.25, 0.3) is 0 Å². The molecule has 0 saturated carbocycles. The Morgan fingerprint density at radius 2 is 2.43 bits per heavy atom. The van der Waals surface area contributed by atoms with Crippen LogP contribution in [0.15, 0.2) is 0 Å². The first kappa shape index (κ1) is 7.24. The van der Waals surface area contributed by atoms with Gasteiger partial charge in [-0.05, 0) is 0 Å². The maximum absolute atomic E-state index is 10.4. The Bertz CT molecular complexity index is 64.7. The first-order valence-electron chi connectivity index (χ1n) is 2.11. The van der Waals surface area contributed by atoms with E-state index in [4.69, 9.17) is 0 Å². The summed E-state index contributed by atoms with van der Waals surface area (Å²) in [5.74, 6) is 0.882. The van der Waals surface area contributed by atoms with Crippen LogP contribution in [0.2, 0.25) is 0 Å². The zero-order valence-electron chi connectivity index (χ0n) is 4.23. The van der Waals surface area contributed by atoms with Gasteiger partial charge in [-0.3, -0.25) is 4.79 Å². The lowest BCUT2D eigenvalue weighted by atomic mass is 10.4. The van der Waals surface area contributed by atoms with Crippen molar-refractivity contribution < 1.29 is 4.79 Å². The van der Waals surface area contributed by atoms with E-state index in [2.05, 4.69) is 9.39 Å².